The van der Waals surface area contributed by atoms with Gasteiger partial charge >= 0.3 is 0 Å². The van der Waals surface area contributed by atoms with Crippen molar-refractivity contribution < 1.29 is 0 Å². The van der Waals surface area contributed by atoms with Crippen LogP contribution in [-0.2, 0) is 0 Å². The van der Waals surface area contributed by atoms with E-state index in [0.29, 0.717) is 10.8 Å². The maximum absolute atomic E-state index is 3.87. The normalized spacial score (nSPS) is 43.7. The summed E-state index contributed by atoms with van der Waals surface area (Å²) in [5.74, 6) is 3.59. The van der Waals surface area contributed by atoms with Gasteiger partial charge in [0.15, 0.2) is 0 Å². The molecule has 0 bridgehead atoms. The molecule has 0 N–H and O–H groups in total. The molecule has 0 aromatic carbocycles. The van der Waals surface area contributed by atoms with Crippen molar-refractivity contribution in [2.45, 2.75) is 80.1 Å². The minimum absolute atomic E-state index is 0.490. The van der Waals surface area contributed by atoms with Gasteiger partial charge in [0.25, 0.3) is 0 Å². The molecule has 0 amide bonds. The van der Waals surface area contributed by atoms with Gasteiger partial charge in [0.1, 0.15) is 0 Å². The van der Waals surface area contributed by atoms with Gasteiger partial charge in [-0.1, -0.05) is 58.8 Å². The summed E-state index contributed by atoms with van der Waals surface area (Å²) in [6.07, 6.45) is 12.5. The molecule has 6 unspecified atom stereocenters. The Labute approximate surface area is 139 Å². The third-order valence-electron chi connectivity index (χ3n) is 8.13. The zero-order valence-electron chi connectivity index (χ0n) is 15.9. The Bertz CT molecular complexity index is 431. The van der Waals surface area contributed by atoms with Crippen molar-refractivity contribution in [3.63, 3.8) is 0 Å². The lowest BCUT2D eigenvalue weighted by atomic mass is 9.63. The highest BCUT2D eigenvalue weighted by Crippen LogP contribution is 2.69. The van der Waals surface area contributed by atoms with E-state index in [1.165, 1.54) is 32.1 Å². The average Bonchev–Trinajstić information content (AvgIpc) is 3.09. The Morgan fingerprint density at radius 1 is 1.23 bits per heavy atom. The molecular weight excluding hydrogens is 264 g/mol. The molecule has 0 heterocycles. The molecule has 2 fully saturated rings. The summed E-state index contributed by atoms with van der Waals surface area (Å²) in [7, 11) is 0. The van der Waals surface area contributed by atoms with Crippen LogP contribution < -0.4 is 0 Å². The molecule has 0 aromatic rings. The van der Waals surface area contributed by atoms with Gasteiger partial charge in [0, 0.05) is 0 Å². The highest BCUT2D eigenvalue weighted by Gasteiger charge is 2.61. The molecule has 6 atom stereocenters. The number of hydrogen-bond acceptors (Lipinski definition) is 0. The predicted molar refractivity (Wildman–Crippen MR) is 98.9 cm³/mol. The first-order valence-corrected chi connectivity index (χ1v) is 9.60. The second-order valence-corrected chi connectivity index (χ2v) is 8.74. The number of hydrogen-bond donors (Lipinski definition) is 0. The van der Waals surface area contributed by atoms with Crippen LogP contribution in [0, 0.1) is 34.5 Å². The summed E-state index contributed by atoms with van der Waals surface area (Å²) in [5, 5.41) is 0. The average molecular weight is 303 g/mol. The van der Waals surface area contributed by atoms with E-state index in [1.54, 1.807) is 5.57 Å². The van der Waals surface area contributed by atoms with Crippen LogP contribution in [0.4, 0.5) is 0 Å². The van der Waals surface area contributed by atoms with Crippen molar-refractivity contribution in [1.29, 1.82) is 0 Å². The third kappa shape index (κ3) is 2.83. The van der Waals surface area contributed by atoms with Gasteiger partial charge in [-0.25, -0.2) is 0 Å². The van der Waals surface area contributed by atoms with Gasteiger partial charge in [-0.15, -0.1) is 6.58 Å². The second kappa shape index (κ2) is 6.54. The Hall–Kier alpha value is -0.520. The molecule has 2 aliphatic carbocycles. The van der Waals surface area contributed by atoms with Crippen molar-refractivity contribution in [2.75, 3.05) is 0 Å². The first-order valence-electron chi connectivity index (χ1n) is 9.60. The van der Waals surface area contributed by atoms with E-state index in [9.17, 15) is 0 Å². The molecular formula is C22H38. The Morgan fingerprint density at radius 3 is 2.45 bits per heavy atom. The van der Waals surface area contributed by atoms with Crippen LogP contribution >= 0.6 is 0 Å². The third-order valence-corrected chi connectivity index (χ3v) is 8.13. The van der Waals surface area contributed by atoms with Gasteiger partial charge < -0.3 is 0 Å². The molecule has 126 valence electrons. The molecule has 0 aliphatic heterocycles. The molecule has 22 heavy (non-hydrogen) atoms. The van der Waals surface area contributed by atoms with Crippen molar-refractivity contribution >= 4 is 0 Å². The molecule has 2 saturated carbocycles. The number of fused-ring (bicyclic) bond motifs is 1. The van der Waals surface area contributed by atoms with Crippen LogP contribution in [0.15, 0.2) is 24.3 Å². The quantitative estimate of drug-likeness (QED) is 0.478. The molecule has 0 spiro atoms. The predicted octanol–water partition coefficient (Wildman–Crippen LogP) is 7.02. The molecule has 2 rings (SSSR count). The summed E-state index contributed by atoms with van der Waals surface area (Å²) in [5.41, 5.74) is 2.66. The van der Waals surface area contributed by atoms with Gasteiger partial charge in [-0.3, -0.25) is 0 Å². The lowest BCUT2D eigenvalue weighted by Gasteiger charge is -2.42. The molecule has 2 aliphatic rings. The minimum Gasteiger partial charge on any atom is -0.103 e. The maximum Gasteiger partial charge on any atom is -0.00567 e. The summed E-state index contributed by atoms with van der Waals surface area (Å²) in [4.78, 5) is 0. The first-order chi connectivity index (χ1) is 10.3. The van der Waals surface area contributed by atoms with Crippen LogP contribution in [0.25, 0.3) is 0 Å². The summed E-state index contributed by atoms with van der Waals surface area (Å²) < 4.78 is 0. The van der Waals surface area contributed by atoms with E-state index in [-0.39, 0.29) is 0 Å². The minimum atomic E-state index is 0.490. The van der Waals surface area contributed by atoms with Crippen LogP contribution in [-0.4, -0.2) is 0 Å². The zero-order chi connectivity index (χ0) is 16.5. The standard InChI is InChI=1S/C22H38/c1-8-10-11-18(5)22(7)19-13-12-17(4)21(6,16(3)9-2)15-14-20(19)22/h8,11,16-17,19-20H,1,9-10,12-15H2,2-7H3. The van der Waals surface area contributed by atoms with E-state index in [4.69, 9.17) is 0 Å². The van der Waals surface area contributed by atoms with Crippen molar-refractivity contribution in [1.82, 2.24) is 0 Å². The van der Waals surface area contributed by atoms with Gasteiger partial charge in [-0.2, -0.15) is 0 Å². The van der Waals surface area contributed by atoms with Crippen LogP contribution in [0.3, 0.4) is 0 Å². The molecule has 0 saturated heterocycles. The summed E-state index contributed by atoms with van der Waals surface area (Å²) >= 11 is 0. The number of allylic oxidation sites excluding steroid dienone is 3. The smallest absolute Gasteiger partial charge is 0.00567 e. The van der Waals surface area contributed by atoms with Crippen molar-refractivity contribution in [3.05, 3.63) is 24.3 Å². The van der Waals surface area contributed by atoms with E-state index in [0.717, 1.165) is 30.1 Å². The zero-order valence-corrected chi connectivity index (χ0v) is 15.9. The van der Waals surface area contributed by atoms with Crippen LogP contribution in [0.5, 0.6) is 0 Å². The van der Waals surface area contributed by atoms with Gasteiger partial charge in [-0.05, 0) is 73.5 Å². The van der Waals surface area contributed by atoms with E-state index < -0.39 is 0 Å². The van der Waals surface area contributed by atoms with Crippen molar-refractivity contribution in [2.24, 2.45) is 34.5 Å². The Morgan fingerprint density at radius 2 is 1.86 bits per heavy atom. The molecule has 0 aromatic heterocycles. The summed E-state index contributed by atoms with van der Waals surface area (Å²) in [6, 6.07) is 0. The van der Waals surface area contributed by atoms with E-state index in [2.05, 4.69) is 54.2 Å². The maximum atomic E-state index is 3.87. The second-order valence-electron chi connectivity index (χ2n) is 8.74. The lowest BCUT2D eigenvalue weighted by molar-refractivity contribution is 0.0763. The van der Waals surface area contributed by atoms with Crippen LogP contribution in [0.1, 0.15) is 80.1 Å². The fourth-order valence-electron chi connectivity index (χ4n) is 5.44. The first kappa shape index (κ1) is 17.8. The largest absolute Gasteiger partial charge is 0.103 e. The molecule has 0 nitrogen and oxygen atoms in total. The Balaban J connectivity index is 2.14. The van der Waals surface area contributed by atoms with E-state index in [1.807, 2.05) is 6.08 Å². The fourth-order valence-corrected chi connectivity index (χ4v) is 5.44. The highest BCUT2D eigenvalue weighted by molar-refractivity contribution is 5.27. The Kier molecular flexibility index (Phi) is 5.30. The monoisotopic (exact) mass is 302 g/mol. The SMILES string of the molecule is C=CCC=C(C)C1(C)C2CCC(C)C(C)(C(C)CC)CCC21. The number of rotatable bonds is 5. The lowest BCUT2D eigenvalue weighted by Crippen LogP contribution is -2.33. The highest BCUT2D eigenvalue weighted by atomic mass is 14.7. The van der Waals surface area contributed by atoms with Crippen LogP contribution in [0.2, 0.25) is 0 Å². The fraction of sp³-hybridized carbons (Fsp3) is 0.818. The van der Waals surface area contributed by atoms with Gasteiger partial charge in [0.2, 0.25) is 0 Å². The summed E-state index contributed by atoms with van der Waals surface area (Å²) in [6.45, 7) is 18.7. The molecule has 0 radical (unpaired) electrons. The molecule has 0 heteroatoms. The topological polar surface area (TPSA) is 0 Å². The van der Waals surface area contributed by atoms with E-state index >= 15 is 0 Å². The van der Waals surface area contributed by atoms with Crippen molar-refractivity contribution in [3.8, 4) is 0 Å². The van der Waals surface area contributed by atoms with Gasteiger partial charge in [0.05, 0.1) is 0 Å².